The van der Waals surface area contributed by atoms with Crippen LogP contribution in [0.25, 0.3) is 0 Å². The Kier molecular flexibility index (Phi) is 2.28. The first-order valence-corrected chi connectivity index (χ1v) is 6.59. The molecule has 2 atom stereocenters. The molecule has 0 radical (unpaired) electrons. The van der Waals surface area contributed by atoms with Crippen LogP contribution in [-0.2, 0) is 0 Å². The first-order chi connectivity index (χ1) is 7.36. The minimum absolute atomic E-state index is 0.677. The second-order valence-corrected chi connectivity index (χ2v) is 5.44. The number of rotatable bonds is 1. The molecule has 1 aromatic rings. The van der Waals surface area contributed by atoms with Gasteiger partial charge in [0, 0.05) is 13.0 Å². The normalized spacial score (nSPS) is 30.2. The molecule has 0 spiro atoms. The lowest BCUT2D eigenvalue weighted by atomic mass is 9.82. The lowest BCUT2D eigenvalue weighted by Gasteiger charge is -2.29. The lowest BCUT2D eigenvalue weighted by molar-refractivity contribution is 0.198. The summed E-state index contributed by atoms with van der Waals surface area (Å²) in [6.45, 7) is 0. The van der Waals surface area contributed by atoms with Gasteiger partial charge in [-0.2, -0.15) is 5.10 Å². The second kappa shape index (κ2) is 3.63. The van der Waals surface area contributed by atoms with Crippen LogP contribution in [0.2, 0.25) is 0 Å². The van der Waals surface area contributed by atoms with Gasteiger partial charge in [0.1, 0.15) is 0 Å². The van der Waals surface area contributed by atoms with Crippen molar-refractivity contribution < 1.29 is 0 Å². The molecular formula is C12H16N2S. The third-order valence-electron chi connectivity index (χ3n) is 3.60. The zero-order valence-electron chi connectivity index (χ0n) is 9.02. The molecule has 1 aliphatic heterocycles. The Balaban J connectivity index is 1.92. The van der Waals surface area contributed by atoms with Crippen molar-refractivity contribution in [2.24, 2.45) is 11.0 Å². The van der Waals surface area contributed by atoms with Gasteiger partial charge >= 0.3 is 0 Å². The predicted molar refractivity (Wildman–Crippen MR) is 64.4 cm³/mol. The van der Waals surface area contributed by atoms with Gasteiger partial charge in [0.2, 0.25) is 0 Å². The van der Waals surface area contributed by atoms with Gasteiger partial charge in [-0.3, -0.25) is 5.01 Å². The van der Waals surface area contributed by atoms with E-state index in [0.29, 0.717) is 12.0 Å². The minimum Gasteiger partial charge on any atom is -0.296 e. The monoisotopic (exact) mass is 220 g/mol. The number of fused-ring (bicyclic) bond motifs is 1. The number of hydrogen-bond donors (Lipinski definition) is 0. The maximum Gasteiger partial charge on any atom is 0.0829 e. The van der Waals surface area contributed by atoms with Crippen molar-refractivity contribution in [3.63, 3.8) is 0 Å². The zero-order valence-corrected chi connectivity index (χ0v) is 9.83. The van der Waals surface area contributed by atoms with E-state index in [4.69, 9.17) is 5.10 Å². The van der Waals surface area contributed by atoms with Crippen molar-refractivity contribution in [3.05, 3.63) is 22.4 Å². The van der Waals surface area contributed by atoms with Gasteiger partial charge in [-0.1, -0.05) is 18.9 Å². The van der Waals surface area contributed by atoms with E-state index in [1.807, 2.05) is 11.3 Å². The van der Waals surface area contributed by atoms with Gasteiger partial charge < -0.3 is 0 Å². The molecule has 2 aliphatic rings. The van der Waals surface area contributed by atoms with Crippen molar-refractivity contribution >= 4 is 17.0 Å². The van der Waals surface area contributed by atoms with Crippen LogP contribution < -0.4 is 0 Å². The molecule has 0 amide bonds. The molecule has 1 aliphatic carbocycles. The molecule has 80 valence electrons. The van der Waals surface area contributed by atoms with Gasteiger partial charge in [0.05, 0.1) is 16.6 Å². The summed E-state index contributed by atoms with van der Waals surface area (Å²) in [5.41, 5.74) is 1.34. The molecule has 15 heavy (non-hydrogen) atoms. The van der Waals surface area contributed by atoms with E-state index in [9.17, 15) is 0 Å². The molecule has 0 aromatic carbocycles. The quantitative estimate of drug-likeness (QED) is 0.710. The highest BCUT2D eigenvalue weighted by atomic mass is 32.1. The Hall–Kier alpha value is -0.830. The summed E-state index contributed by atoms with van der Waals surface area (Å²) in [6.07, 6.45) is 5.39. The van der Waals surface area contributed by atoms with Gasteiger partial charge in [-0.05, 0) is 24.3 Å². The first-order valence-electron chi connectivity index (χ1n) is 5.71. The molecule has 1 saturated carbocycles. The fourth-order valence-electron chi connectivity index (χ4n) is 2.85. The predicted octanol–water partition coefficient (Wildman–Crippen LogP) is 2.96. The van der Waals surface area contributed by atoms with Crippen molar-refractivity contribution in [1.82, 2.24) is 5.01 Å². The molecule has 1 aromatic heterocycles. The van der Waals surface area contributed by atoms with Gasteiger partial charge in [-0.15, -0.1) is 11.3 Å². The lowest BCUT2D eigenvalue weighted by Crippen LogP contribution is -2.33. The van der Waals surface area contributed by atoms with Crippen LogP contribution in [0.3, 0.4) is 0 Å². The number of hydrogen-bond acceptors (Lipinski definition) is 3. The van der Waals surface area contributed by atoms with E-state index in [-0.39, 0.29) is 0 Å². The fourth-order valence-corrected chi connectivity index (χ4v) is 3.63. The highest BCUT2D eigenvalue weighted by Crippen LogP contribution is 2.36. The van der Waals surface area contributed by atoms with Crippen molar-refractivity contribution in [1.29, 1.82) is 0 Å². The highest BCUT2D eigenvalue weighted by Gasteiger charge is 2.37. The van der Waals surface area contributed by atoms with E-state index in [0.717, 1.165) is 0 Å². The molecule has 2 nitrogen and oxygen atoms in total. The van der Waals surface area contributed by atoms with E-state index in [1.54, 1.807) is 0 Å². The van der Waals surface area contributed by atoms with Crippen LogP contribution in [0, 0.1) is 5.92 Å². The summed E-state index contributed by atoms with van der Waals surface area (Å²) < 4.78 is 0. The van der Waals surface area contributed by atoms with Crippen LogP contribution in [-0.4, -0.2) is 23.8 Å². The van der Waals surface area contributed by atoms with Gasteiger partial charge in [-0.25, -0.2) is 0 Å². The Morgan fingerprint density at radius 1 is 1.40 bits per heavy atom. The van der Waals surface area contributed by atoms with Crippen molar-refractivity contribution in [2.45, 2.75) is 31.7 Å². The molecule has 2 unspecified atom stereocenters. The third-order valence-corrected chi connectivity index (χ3v) is 4.49. The van der Waals surface area contributed by atoms with Crippen LogP contribution in [0.15, 0.2) is 22.6 Å². The molecule has 3 heteroatoms. The van der Waals surface area contributed by atoms with E-state index in [2.05, 4.69) is 29.6 Å². The smallest absolute Gasteiger partial charge is 0.0829 e. The number of nitrogens with zero attached hydrogens (tertiary/aromatic N) is 2. The molecule has 0 saturated heterocycles. The van der Waals surface area contributed by atoms with Crippen LogP contribution in [0.1, 0.15) is 30.6 Å². The van der Waals surface area contributed by atoms with Gasteiger partial charge in [0.15, 0.2) is 0 Å². The summed E-state index contributed by atoms with van der Waals surface area (Å²) in [5, 5.41) is 9.08. The van der Waals surface area contributed by atoms with E-state index in [1.165, 1.54) is 36.3 Å². The SMILES string of the molecule is CN1N=C(c2cccs2)C2CCCCC21. The molecule has 1 fully saturated rings. The summed E-state index contributed by atoms with van der Waals surface area (Å²) in [6, 6.07) is 5.00. The molecule has 3 rings (SSSR count). The third kappa shape index (κ3) is 1.49. The van der Waals surface area contributed by atoms with Crippen molar-refractivity contribution in [3.8, 4) is 0 Å². The van der Waals surface area contributed by atoms with E-state index >= 15 is 0 Å². The molecule has 0 N–H and O–H groups in total. The number of hydrazone groups is 1. The van der Waals surface area contributed by atoms with Crippen LogP contribution >= 0.6 is 11.3 Å². The van der Waals surface area contributed by atoms with Crippen LogP contribution in [0.5, 0.6) is 0 Å². The summed E-state index contributed by atoms with van der Waals surface area (Å²) in [7, 11) is 2.13. The van der Waals surface area contributed by atoms with Gasteiger partial charge in [0.25, 0.3) is 0 Å². The highest BCUT2D eigenvalue weighted by molar-refractivity contribution is 7.12. The van der Waals surface area contributed by atoms with E-state index < -0.39 is 0 Å². The summed E-state index contributed by atoms with van der Waals surface area (Å²) in [4.78, 5) is 1.37. The fraction of sp³-hybridized carbons (Fsp3) is 0.583. The average Bonchev–Trinajstić information content (AvgIpc) is 2.87. The Morgan fingerprint density at radius 2 is 2.27 bits per heavy atom. The summed E-state index contributed by atoms with van der Waals surface area (Å²) >= 11 is 1.82. The maximum atomic E-state index is 4.74. The Labute approximate surface area is 94.6 Å². The molecule has 2 heterocycles. The summed E-state index contributed by atoms with van der Waals surface area (Å²) in [5.74, 6) is 0.697. The average molecular weight is 220 g/mol. The maximum absolute atomic E-state index is 4.74. The Bertz CT molecular complexity index is 369. The topological polar surface area (TPSA) is 15.6 Å². The number of thiophene rings is 1. The molecule has 0 bridgehead atoms. The molecular weight excluding hydrogens is 204 g/mol. The Morgan fingerprint density at radius 3 is 3.07 bits per heavy atom. The van der Waals surface area contributed by atoms with Crippen molar-refractivity contribution in [2.75, 3.05) is 7.05 Å². The first kappa shape index (κ1) is 9.40. The second-order valence-electron chi connectivity index (χ2n) is 4.49. The standard InChI is InChI=1S/C12H16N2S/c1-14-10-6-3-2-5-9(10)12(13-14)11-7-4-8-15-11/h4,7-10H,2-3,5-6H2,1H3. The minimum atomic E-state index is 0.677. The zero-order chi connectivity index (χ0) is 10.3. The largest absolute Gasteiger partial charge is 0.296 e. The van der Waals surface area contributed by atoms with Crippen LogP contribution in [0.4, 0.5) is 0 Å².